The molecule has 1 saturated carbocycles. The monoisotopic (exact) mass is 286 g/mol. The van der Waals surface area contributed by atoms with Gasteiger partial charge in [0, 0.05) is 0 Å². The van der Waals surface area contributed by atoms with Gasteiger partial charge in [-0.3, -0.25) is 0 Å². The average Bonchev–Trinajstić information content (AvgIpc) is 2.57. The number of hydrogen-bond acceptors (Lipinski definition) is 2. The van der Waals surface area contributed by atoms with E-state index in [2.05, 4.69) is 36.9 Å². The molecule has 2 aliphatic rings. The summed E-state index contributed by atoms with van der Waals surface area (Å²) in [4.78, 5) is 0. The van der Waals surface area contributed by atoms with Crippen LogP contribution in [-0.4, -0.2) is 25.4 Å². The Kier molecular flexibility index (Phi) is 5.10. The van der Waals surface area contributed by atoms with Crippen molar-refractivity contribution in [3.05, 3.63) is 48.6 Å². The molecule has 0 amide bonds. The van der Waals surface area contributed by atoms with Gasteiger partial charge in [0.15, 0.2) is 0 Å². The van der Waals surface area contributed by atoms with E-state index in [-0.39, 0.29) is 6.10 Å². The zero-order valence-corrected chi connectivity index (χ0v) is 12.7. The Morgan fingerprint density at radius 1 is 1.00 bits per heavy atom. The Morgan fingerprint density at radius 2 is 1.76 bits per heavy atom. The molecule has 1 heterocycles. The Labute approximate surface area is 128 Å². The second kappa shape index (κ2) is 7.24. The van der Waals surface area contributed by atoms with E-state index in [9.17, 15) is 0 Å². The van der Waals surface area contributed by atoms with Crippen LogP contribution in [-0.2, 0) is 9.47 Å². The maximum Gasteiger partial charge on any atom is 0.0844 e. The van der Waals surface area contributed by atoms with Crippen LogP contribution in [0.15, 0.2) is 43.0 Å². The van der Waals surface area contributed by atoms with Crippen LogP contribution >= 0.6 is 0 Å². The van der Waals surface area contributed by atoms with Crippen molar-refractivity contribution in [1.29, 1.82) is 0 Å². The molecular weight excluding hydrogens is 260 g/mol. The number of rotatable bonds is 4. The van der Waals surface area contributed by atoms with Gasteiger partial charge in [0.2, 0.25) is 0 Å². The number of benzene rings is 1. The van der Waals surface area contributed by atoms with Gasteiger partial charge in [0.1, 0.15) is 0 Å². The minimum absolute atomic E-state index is 0.222. The van der Waals surface area contributed by atoms with E-state index >= 15 is 0 Å². The average molecular weight is 286 g/mol. The van der Waals surface area contributed by atoms with Crippen molar-refractivity contribution < 1.29 is 9.47 Å². The van der Waals surface area contributed by atoms with Gasteiger partial charge in [-0.25, -0.2) is 0 Å². The molecule has 1 aliphatic carbocycles. The molecule has 3 rings (SSSR count). The van der Waals surface area contributed by atoms with Crippen LogP contribution in [0.1, 0.15) is 43.6 Å². The second-order valence-corrected chi connectivity index (χ2v) is 6.37. The van der Waals surface area contributed by atoms with Crippen LogP contribution in [0.25, 0.3) is 0 Å². The summed E-state index contributed by atoms with van der Waals surface area (Å²) in [5.41, 5.74) is 1.50. The molecule has 2 atom stereocenters. The highest BCUT2D eigenvalue weighted by atomic mass is 16.6. The Balaban J connectivity index is 1.47. The minimum atomic E-state index is 0.222. The zero-order valence-electron chi connectivity index (χ0n) is 12.7. The molecular formula is C19H26O2. The lowest BCUT2D eigenvalue weighted by Crippen LogP contribution is -2.40. The molecule has 114 valence electrons. The maximum atomic E-state index is 6.05. The lowest BCUT2D eigenvalue weighted by Gasteiger charge is -2.37. The quantitative estimate of drug-likeness (QED) is 0.767. The Morgan fingerprint density at radius 3 is 2.38 bits per heavy atom. The first kappa shape index (κ1) is 14.8. The fourth-order valence-electron chi connectivity index (χ4n) is 3.70. The normalized spacial score (nSPS) is 33.5. The lowest BCUT2D eigenvalue weighted by molar-refractivity contribution is -0.153. The summed E-state index contributed by atoms with van der Waals surface area (Å²) in [5, 5.41) is 0. The number of ether oxygens (including phenoxy) is 2. The van der Waals surface area contributed by atoms with E-state index in [1.54, 1.807) is 0 Å². The highest BCUT2D eigenvalue weighted by molar-refractivity contribution is 5.19. The van der Waals surface area contributed by atoms with Gasteiger partial charge in [0.05, 0.1) is 25.4 Å². The highest BCUT2D eigenvalue weighted by Crippen LogP contribution is 2.38. The van der Waals surface area contributed by atoms with Crippen molar-refractivity contribution in [3.8, 4) is 0 Å². The van der Waals surface area contributed by atoms with Crippen LogP contribution in [0.4, 0.5) is 0 Å². The smallest absolute Gasteiger partial charge is 0.0844 e. The SMILES string of the molecule is C=CCC1COC([C@H]2CC[C@H](c3ccccc3)CC2)CO1. The standard InChI is InChI=1S/C19H26O2/c1-2-6-18-13-21-19(14-20-18)17-11-9-16(10-12-17)15-7-4-3-5-8-15/h2-5,7-8,16-19H,1,6,9-14H2/t16-,17-,18?,19?. The van der Waals surface area contributed by atoms with Crippen LogP contribution in [0.3, 0.4) is 0 Å². The van der Waals surface area contributed by atoms with Crippen LogP contribution in [0, 0.1) is 5.92 Å². The predicted octanol–water partition coefficient (Wildman–Crippen LogP) is 4.32. The molecule has 2 heteroatoms. The first-order valence-corrected chi connectivity index (χ1v) is 8.26. The van der Waals surface area contributed by atoms with Crippen molar-refractivity contribution in [3.63, 3.8) is 0 Å². The zero-order chi connectivity index (χ0) is 14.5. The molecule has 0 bridgehead atoms. The maximum absolute atomic E-state index is 6.05. The molecule has 1 saturated heterocycles. The third kappa shape index (κ3) is 3.75. The summed E-state index contributed by atoms with van der Waals surface area (Å²) >= 11 is 0. The summed E-state index contributed by atoms with van der Waals surface area (Å²) in [7, 11) is 0. The predicted molar refractivity (Wildman–Crippen MR) is 85.4 cm³/mol. The van der Waals surface area contributed by atoms with Gasteiger partial charge in [-0.05, 0) is 49.5 Å². The fourth-order valence-corrected chi connectivity index (χ4v) is 3.70. The molecule has 1 aromatic rings. The summed E-state index contributed by atoms with van der Waals surface area (Å²) in [6.45, 7) is 5.26. The Bertz CT molecular complexity index is 426. The molecule has 2 fully saturated rings. The number of hydrogen-bond donors (Lipinski definition) is 0. The molecule has 2 nitrogen and oxygen atoms in total. The van der Waals surface area contributed by atoms with E-state index in [0.717, 1.165) is 25.6 Å². The molecule has 0 aromatic heterocycles. The molecule has 21 heavy (non-hydrogen) atoms. The van der Waals surface area contributed by atoms with Crippen LogP contribution in [0.5, 0.6) is 0 Å². The van der Waals surface area contributed by atoms with Gasteiger partial charge < -0.3 is 9.47 Å². The highest BCUT2D eigenvalue weighted by Gasteiger charge is 2.32. The lowest BCUT2D eigenvalue weighted by atomic mass is 9.76. The third-order valence-electron chi connectivity index (χ3n) is 4.99. The van der Waals surface area contributed by atoms with Gasteiger partial charge in [0.25, 0.3) is 0 Å². The topological polar surface area (TPSA) is 18.5 Å². The van der Waals surface area contributed by atoms with Crippen LogP contribution in [0.2, 0.25) is 0 Å². The van der Waals surface area contributed by atoms with Crippen molar-refractivity contribution in [2.75, 3.05) is 13.2 Å². The van der Waals surface area contributed by atoms with Crippen molar-refractivity contribution in [2.45, 2.75) is 50.2 Å². The summed E-state index contributed by atoms with van der Waals surface area (Å²) < 4.78 is 12.0. The van der Waals surface area contributed by atoms with E-state index in [1.807, 2.05) is 6.08 Å². The van der Waals surface area contributed by atoms with E-state index in [1.165, 1.54) is 31.2 Å². The molecule has 1 aromatic carbocycles. The fraction of sp³-hybridized carbons (Fsp3) is 0.579. The molecule has 0 radical (unpaired) electrons. The van der Waals surface area contributed by atoms with E-state index < -0.39 is 0 Å². The first-order valence-electron chi connectivity index (χ1n) is 8.26. The molecule has 0 N–H and O–H groups in total. The van der Waals surface area contributed by atoms with Crippen molar-refractivity contribution in [1.82, 2.24) is 0 Å². The molecule has 2 unspecified atom stereocenters. The van der Waals surface area contributed by atoms with E-state index in [4.69, 9.17) is 9.47 Å². The minimum Gasteiger partial charge on any atom is -0.373 e. The first-order chi connectivity index (χ1) is 10.4. The Hall–Kier alpha value is -1.12. The van der Waals surface area contributed by atoms with Crippen LogP contribution < -0.4 is 0 Å². The summed E-state index contributed by atoms with van der Waals surface area (Å²) in [5.74, 6) is 1.41. The van der Waals surface area contributed by atoms with Gasteiger partial charge in [-0.15, -0.1) is 6.58 Å². The summed E-state index contributed by atoms with van der Waals surface area (Å²) in [6, 6.07) is 10.9. The van der Waals surface area contributed by atoms with E-state index in [0.29, 0.717) is 12.0 Å². The van der Waals surface area contributed by atoms with Crippen molar-refractivity contribution in [2.24, 2.45) is 5.92 Å². The largest absolute Gasteiger partial charge is 0.373 e. The van der Waals surface area contributed by atoms with Gasteiger partial charge in [-0.1, -0.05) is 36.4 Å². The summed E-state index contributed by atoms with van der Waals surface area (Å²) in [6.07, 6.45) is 8.43. The third-order valence-corrected chi connectivity index (χ3v) is 4.99. The molecule has 0 spiro atoms. The second-order valence-electron chi connectivity index (χ2n) is 6.37. The molecule has 1 aliphatic heterocycles. The van der Waals surface area contributed by atoms with Crippen molar-refractivity contribution >= 4 is 0 Å². The van der Waals surface area contributed by atoms with Gasteiger partial charge in [-0.2, -0.15) is 0 Å². The van der Waals surface area contributed by atoms with Gasteiger partial charge >= 0.3 is 0 Å².